The summed E-state index contributed by atoms with van der Waals surface area (Å²) in [5.74, 6) is 0.921. The van der Waals surface area contributed by atoms with Gasteiger partial charge in [0.25, 0.3) is 0 Å². The van der Waals surface area contributed by atoms with Gasteiger partial charge in [0.05, 0.1) is 0 Å². The maximum absolute atomic E-state index is 5.98. The van der Waals surface area contributed by atoms with E-state index in [1.54, 1.807) is 0 Å². The Bertz CT molecular complexity index is 972. The molecule has 0 radical (unpaired) electrons. The predicted molar refractivity (Wildman–Crippen MR) is 121 cm³/mol. The fourth-order valence-corrected chi connectivity index (χ4v) is 3.89. The summed E-state index contributed by atoms with van der Waals surface area (Å²) >= 11 is 5.98. The van der Waals surface area contributed by atoms with E-state index >= 15 is 0 Å². The van der Waals surface area contributed by atoms with E-state index in [0.717, 1.165) is 62.5 Å². The van der Waals surface area contributed by atoms with Gasteiger partial charge in [0, 0.05) is 44.2 Å². The van der Waals surface area contributed by atoms with Crippen molar-refractivity contribution in [3.63, 3.8) is 0 Å². The summed E-state index contributed by atoms with van der Waals surface area (Å²) in [6.07, 6.45) is 3.17. The molecule has 29 heavy (non-hydrogen) atoms. The Balaban J connectivity index is 1.40. The molecule has 5 heteroatoms. The molecule has 1 aliphatic heterocycles. The van der Waals surface area contributed by atoms with Gasteiger partial charge in [0.1, 0.15) is 17.9 Å². The fraction of sp³-hybridized carbons (Fsp3) is 0.333. The fourth-order valence-electron chi connectivity index (χ4n) is 3.69. The summed E-state index contributed by atoms with van der Waals surface area (Å²) in [5.41, 5.74) is 4.45. The molecule has 0 saturated carbocycles. The Morgan fingerprint density at radius 3 is 2.69 bits per heavy atom. The van der Waals surface area contributed by atoms with E-state index in [0.29, 0.717) is 5.22 Å². The van der Waals surface area contributed by atoms with Crippen LogP contribution in [0.3, 0.4) is 0 Å². The number of hydrogen-bond acceptors (Lipinski definition) is 4. The van der Waals surface area contributed by atoms with Gasteiger partial charge in [-0.25, -0.2) is 0 Å². The Morgan fingerprint density at radius 1 is 1.14 bits per heavy atom. The van der Waals surface area contributed by atoms with Crippen LogP contribution < -0.4 is 10.1 Å². The zero-order valence-electron chi connectivity index (χ0n) is 16.8. The molecule has 1 aromatic heterocycles. The predicted octanol–water partition coefficient (Wildman–Crippen LogP) is 5.32. The smallest absolute Gasteiger partial charge is 0.194 e. The molecule has 152 valence electrons. The Labute approximate surface area is 177 Å². The third-order valence-corrected chi connectivity index (χ3v) is 5.53. The highest BCUT2D eigenvalue weighted by Gasteiger charge is 2.09. The first-order valence-electron chi connectivity index (χ1n) is 10.3. The molecule has 0 aliphatic carbocycles. The molecule has 4 rings (SSSR count). The van der Waals surface area contributed by atoms with E-state index in [9.17, 15) is 0 Å². The quantitative estimate of drug-likeness (QED) is 0.535. The Morgan fingerprint density at radius 2 is 1.93 bits per heavy atom. The molecule has 1 aliphatic rings. The zero-order chi connectivity index (χ0) is 20.1. The normalized spacial score (nSPS) is 15.7. The first-order valence-corrected chi connectivity index (χ1v) is 10.6. The van der Waals surface area contributed by atoms with Crippen molar-refractivity contribution in [1.82, 2.24) is 10.2 Å². The number of piperazine rings is 1. The van der Waals surface area contributed by atoms with Gasteiger partial charge in [-0.05, 0) is 59.0 Å². The van der Waals surface area contributed by atoms with Gasteiger partial charge in [0.2, 0.25) is 0 Å². The van der Waals surface area contributed by atoms with Crippen LogP contribution in [0.5, 0.6) is 5.75 Å². The monoisotopic (exact) mass is 410 g/mol. The highest BCUT2D eigenvalue weighted by molar-refractivity contribution is 6.29. The molecule has 0 spiro atoms. The first kappa shape index (κ1) is 20.0. The lowest BCUT2D eigenvalue weighted by atomic mass is 9.99. The van der Waals surface area contributed by atoms with Crippen molar-refractivity contribution in [2.24, 2.45) is 0 Å². The average Bonchev–Trinajstić information content (AvgIpc) is 3.13. The number of nitrogens with zero attached hydrogens (tertiary/aromatic N) is 1. The number of halogens is 1. The lowest BCUT2D eigenvalue weighted by Gasteiger charge is -2.26. The second-order valence-corrected chi connectivity index (χ2v) is 7.71. The van der Waals surface area contributed by atoms with Crippen LogP contribution in [0, 0.1) is 0 Å². The van der Waals surface area contributed by atoms with Crippen LogP contribution in [0.25, 0.3) is 22.6 Å². The van der Waals surface area contributed by atoms with Gasteiger partial charge in [-0.15, -0.1) is 0 Å². The molecule has 1 fully saturated rings. The second-order valence-electron chi connectivity index (χ2n) is 7.34. The highest BCUT2D eigenvalue weighted by atomic mass is 35.5. The van der Waals surface area contributed by atoms with Crippen molar-refractivity contribution in [3.05, 3.63) is 64.9 Å². The second kappa shape index (κ2) is 9.49. The van der Waals surface area contributed by atoms with Gasteiger partial charge in [-0.2, -0.15) is 0 Å². The van der Waals surface area contributed by atoms with Crippen molar-refractivity contribution in [3.8, 4) is 5.75 Å². The molecule has 0 amide bonds. The van der Waals surface area contributed by atoms with Crippen LogP contribution in [0.15, 0.2) is 52.9 Å². The minimum atomic E-state index is 0.423. The van der Waals surface area contributed by atoms with Crippen LogP contribution in [0.4, 0.5) is 0 Å². The van der Waals surface area contributed by atoms with Crippen LogP contribution in [0.1, 0.15) is 24.5 Å². The van der Waals surface area contributed by atoms with E-state index < -0.39 is 0 Å². The van der Waals surface area contributed by atoms with E-state index in [4.69, 9.17) is 20.8 Å². The van der Waals surface area contributed by atoms with Crippen molar-refractivity contribution < 1.29 is 9.15 Å². The van der Waals surface area contributed by atoms with Crippen molar-refractivity contribution in [2.45, 2.75) is 13.3 Å². The number of hydrogen-bond donors (Lipinski definition) is 1. The molecule has 3 aromatic rings. The van der Waals surface area contributed by atoms with Gasteiger partial charge in [-0.3, -0.25) is 4.90 Å². The minimum Gasteiger partial charge on any atom is -0.492 e. The van der Waals surface area contributed by atoms with E-state index in [1.807, 2.05) is 12.1 Å². The average molecular weight is 411 g/mol. The van der Waals surface area contributed by atoms with E-state index in [2.05, 4.69) is 59.6 Å². The molecule has 2 aromatic carbocycles. The molecule has 1 N–H and O–H groups in total. The minimum absolute atomic E-state index is 0.423. The molecule has 4 nitrogen and oxygen atoms in total. The first-order chi connectivity index (χ1) is 14.2. The van der Waals surface area contributed by atoms with Crippen molar-refractivity contribution in [1.29, 1.82) is 0 Å². The van der Waals surface area contributed by atoms with Crippen LogP contribution >= 0.6 is 11.6 Å². The maximum atomic E-state index is 5.98. The molecular weight excluding hydrogens is 384 g/mol. The summed E-state index contributed by atoms with van der Waals surface area (Å²) in [6.45, 7) is 8.22. The Hall–Kier alpha value is -2.27. The molecule has 2 heterocycles. The largest absolute Gasteiger partial charge is 0.492 e. The third-order valence-electron chi connectivity index (χ3n) is 5.34. The molecular formula is C24H27ClN2O2. The maximum Gasteiger partial charge on any atom is 0.194 e. The van der Waals surface area contributed by atoms with Gasteiger partial charge in [-0.1, -0.05) is 31.2 Å². The third kappa shape index (κ3) is 5.21. The SMILES string of the molecule is CC/C(=C/c1ccc(OCCN2CCNCC2)cc1)c1ccc2oc(Cl)cc2c1. The summed E-state index contributed by atoms with van der Waals surface area (Å²) in [6, 6.07) is 16.4. The highest BCUT2D eigenvalue weighted by Crippen LogP contribution is 2.29. The summed E-state index contributed by atoms with van der Waals surface area (Å²) in [7, 11) is 0. The van der Waals surface area contributed by atoms with Gasteiger partial charge in [0.15, 0.2) is 5.22 Å². The topological polar surface area (TPSA) is 37.6 Å². The lowest BCUT2D eigenvalue weighted by Crippen LogP contribution is -2.44. The Kier molecular flexibility index (Phi) is 6.55. The standard InChI is InChI=1S/C24H27ClN2O2/c1-2-19(20-5-8-23-21(16-20)17-24(25)29-23)15-18-3-6-22(7-4-18)28-14-13-27-11-9-26-10-12-27/h3-8,15-17,26H,2,9-14H2,1H3/b19-15-. The zero-order valence-corrected chi connectivity index (χ0v) is 17.5. The van der Waals surface area contributed by atoms with Crippen molar-refractivity contribution >= 4 is 34.2 Å². The summed E-state index contributed by atoms with van der Waals surface area (Å²) in [4.78, 5) is 2.44. The lowest BCUT2D eigenvalue weighted by molar-refractivity contribution is 0.191. The number of benzene rings is 2. The number of furan rings is 1. The van der Waals surface area contributed by atoms with Gasteiger partial charge >= 0.3 is 0 Å². The van der Waals surface area contributed by atoms with Crippen LogP contribution in [-0.2, 0) is 0 Å². The van der Waals surface area contributed by atoms with Crippen LogP contribution in [-0.4, -0.2) is 44.2 Å². The molecule has 0 bridgehead atoms. The number of nitrogens with one attached hydrogen (secondary N) is 1. The number of fused-ring (bicyclic) bond motifs is 1. The molecule has 0 atom stereocenters. The van der Waals surface area contributed by atoms with Crippen LogP contribution in [0.2, 0.25) is 5.22 Å². The number of rotatable bonds is 7. The van der Waals surface area contributed by atoms with E-state index in [-0.39, 0.29) is 0 Å². The van der Waals surface area contributed by atoms with Gasteiger partial charge < -0.3 is 14.5 Å². The van der Waals surface area contributed by atoms with Crippen molar-refractivity contribution in [2.75, 3.05) is 39.3 Å². The number of allylic oxidation sites excluding steroid dienone is 1. The summed E-state index contributed by atoms with van der Waals surface area (Å²) in [5, 5.41) is 4.82. The molecule has 0 unspecified atom stereocenters. The summed E-state index contributed by atoms with van der Waals surface area (Å²) < 4.78 is 11.4. The van der Waals surface area contributed by atoms with E-state index in [1.165, 1.54) is 16.7 Å². The number of ether oxygens (including phenoxy) is 1. The molecule has 1 saturated heterocycles.